The van der Waals surface area contributed by atoms with Crippen molar-refractivity contribution in [2.75, 3.05) is 0 Å². The summed E-state index contributed by atoms with van der Waals surface area (Å²) in [6.45, 7) is 3.94. The van der Waals surface area contributed by atoms with Crippen molar-refractivity contribution in [1.29, 1.82) is 0 Å². The van der Waals surface area contributed by atoms with Crippen molar-refractivity contribution in [3.05, 3.63) is 17.0 Å². The zero-order chi connectivity index (χ0) is 13.1. The van der Waals surface area contributed by atoms with Crippen molar-refractivity contribution < 1.29 is 13.2 Å². The zero-order valence-electron chi connectivity index (χ0n) is 9.57. The highest BCUT2D eigenvalue weighted by Gasteiger charge is 2.17. The van der Waals surface area contributed by atoms with Crippen LogP contribution in [-0.4, -0.2) is 20.4 Å². The van der Waals surface area contributed by atoms with E-state index in [1.165, 1.54) is 11.4 Å². The van der Waals surface area contributed by atoms with Crippen LogP contribution in [0.1, 0.15) is 37.0 Å². The van der Waals surface area contributed by atoms with Crippen molar-refractivity contribution in [1.82, 2.24) is 5.32 Å². The van der Waals surface area contributed by atoms with E-state index in [1.807, 2.05) is 13.8 Å². The Kier molecular flexibility index (Phi) is 4.97. The lowest BCUT2D eigenvalue weighted by Gasteiger charge is -2.11. The lowest BCUT2D eigenvalue weighted by molar-refractivity contribution is 0.0938. The van der Waals surface area contributed by atoms with Gasteiger partial charge in [-0.05, 0) is 19.4 Å². The van der Waals surface area contributed by atoms with E-state index in [2.05, 4.69) is 5.32 Å². The maximum Gasteiger partial charge on any atom is 0.270 e. The van der Waals surface area contributed by atoms with E-state index in [0.717, 1.165) is 24.2 Å². The van der Waals surface area contributed by atoms with E-state index in [0.29, 0.717) is 5.56 Å². The van der Waals surface area contributed by atoms with Crippen molar-refractivity contribution in [3.63, 3.8) is 0 Å². The Morgan fingerprint density at radius 2 is 2.24 bits per heavy atom. The van der Waals surface area contributed by atoms with Gasteiger partial charge in [-0.25, -0.2) is 8.42 Å². The molecule has 0 fully saturated rings. The minimum absolute atomic E-state index is 0.00698. The van der Waals surface area contributed by atoms with Crippen LogP contribution < -0.4 is 5.32 Å². The first-order chi connectivity index (χ1) is 7.84. The molecule has 0 aliphatic rings. The number of hydrogen-bond donors (Lipinski definition) is 1. The molecule has 1 rings (SSSR count). The molecule has 96 valence electrons. The average molecular weight is 296 g/mol. The topological polar surface area (TPSA) is 63.2 Å². The van der Waals surface area contributed by atoms with Gasteiger partial charge in [-0.3, -0.25) is 4.79 Å². The first-order valence-electron chi connectivity index (χ1n) is 5.18. The van der Waals surface area contributed by atoms with Crippen LogP contribution in [0.2, 0.25) is 0 Å². The first kappa shape index (κ1) is 14.5. The number of nitrogens with one attached hydrogen (secondary N) is 1. The van der Waals surface area contributed by atoms with E-state index in [-0.39, 0.29) is 16.2 Å². The molecule has 1 aromatic rings. The van der Waals surface area contributed by atoms with Crippen molar-refractivity contribution in [2.24, 2.45) is 0 Å². The maximum atomic E-state index is 11.7. The Labute approximate surface area is 109 Å². The molecule has 0 saturated carbocycles. The molecule has 1 N–H and O–H groups in total. The third-order valence-electron chi connectivity index (χ3n) is 2.18. The monoisotopic (exact) mass is 295 g/mol. The number of thiophene rings is 1. The van der Waals surface area contributed by atoms with Crippen LogP contribution in [0.5, 0.6) is 0 Å². The lowest BCUT2D eigenvalue weighted by Crippen LogP contribution is -2.32. The normalized spacial score (nSPS) is 13.4. The molecule has 4 nitrogen and oxygen atoms in total. The SMILES string of the molecule is CCCC(C)NC(=O)c1csc(S(=O)(=O)Cl)c1. The van der Waals surface area contributed by atoms with E-state index in [9.17, 15) is 13.2 Å². The zero-order valence-corrected chi connectivity index (χ0v) is 12.0. The number of amides is 1. The molecule has 0 spiro atoms. The molecule has 0 saturated heterocycles. The third-order valence-corrected chi connectivity index (χ3v) is 5.22. The Balaban J connectivity index is 2.74. The maximum absolute atomic E-state index is 11.7. The van der Waals surface area contributed by atoms with E-state index in [4.69, 9.17) is 10.7 Å². The number of hydrogen-bond acceptors (Lipinski definition) is 4. The quantitative estimate of drug-likeness (QED) is 0.849. The fourth-order valence-electron chi connectivity index (χ4n) is 1.38. The van der Waals surface area contributed by atoms with Crippen LogP contribution in [0.15, 0.2) is 15.7 Å². The lowest BCUT2D eigenvalue weighted by atomic mass is 10.2. The summed E-state index contributed by atoms with van der Waals surface area (Å²) < 4.78 is 22.1. The molecule has 0 radical (unpaired) electrons. The molecule has 17 heavy (non-hydrogen) atoms. The molecule has 0 aliphatic carbocycles. The molecule has 1 atom stereocenters. The second-order valence-corrected chi connectivity index (χ2v) is 7.46. The van der Waals surface area contributed by atoms with Gasteiger partial charge in [0.05, 0.1) is 5.56 Å². The Morgan fingerprint density at radius 1 is 1.59 bits per heavy atom. The average Bonchev–Trinajstić information content (AvgIpc) is 2.65. The molecular weight excluding hydrogens is 282 g/mol. The summed E-state index contributed by atoms with van der Waals surface area (Å²) in [5.74, 6) is -0.270. The van der Waals surface area contributed by atoms with Gasteiger partial charge in [0.1, 0.15) is 4.21 Å². The fourth-order valence-corrected chi connectivity index (χ4v) is 3.32. The molecule has 1 heterocycles. The van der Waals surface area contributed by atoms with Gasteiger partial charge in [-0.2, -0.15) is 0 Å². The second-order valence-electron chi connectivity index (χ2n) is 3.76. The van der Waals surface area contributed by atoms with E-state index in [1.54, 1.807) is 0 Å². The van der Waals surface area contributed by atoms with Gasteiger partial charge in [-0.15, -0.1) is 11.3 Å². The predicted molar refractivity (Wildman–Crippen MR) is 69.2 cm³/mol. The first-order valence-corrected chi connectivity index (χ1v) is 8.37. The smallest absolute Gasteiger partial charge is 0.270 e. The van der Waals surface area contributed by atoms with Gasteiger partial charge in [0.15, 0.2) is 0 Å². The van der Waals surface area contributed by atoms with Crippen LogP contribution in [-0.2, 0) is 9.05 Å². The van der Waals surface area contributed by atoms with Crippen LogP contribution in [0.4, 0.5) is 0 Å². The fraction of sp³-hybridized carbons (Fsp3) is 0.500. The van der Waals surface area contributed by atoms with Gasteiger partial charge in [-0.1, -0.05) is 13.3 Å². The van der Waals surface area contributed by atoms with Gasteiger partial charge in [0, 0.05) is 22.1 Å². The second kappa shape index (κ2) is 5.84. The summed E-state index contributed by atoms with van der Waals surface area (Å²) in [6, 6.07) is 1.37. The van der Waals surface area contributed by atoms with Crippen molar-refractivity contribution in [2.45, 2.75) is 36.9 Å². The number of rotatable bonds is 5. The van der Waals surface area contributed by atoms with Crippen LogP contribution in [0.25, 0.3) is 0 Å². The highest BCUT2D eigenvalue weighted by atomic mass is 35.7. The van der Waals surface area contributed by atoms with Gasteiger partial charge in [0.2, 0.25) is 0 Å². The van der Waals surface area contributed by atoms with Crippen LogP contribution >= 0.6 is 22.0 Å². The summed E-state index contributed by atoms with van der Waals surface area (Å²) in [4.78, 5) is 11.7. The highest BCUT2D eigenvalue weighted by Crippen LogP contribution is 2.23. The summed E-state index contributed by atoms with van der Waals surface area (Å²) >= 11 is 0.945. The molecule has 1 unspecified atom stereocenters. The van der Waals surface area contributed by atoms with Crippen LogP contribution in [0.3, 0.4) is 0 Å². The largest absolute Gasteiger partial charge is 0.350 e. The van der Waals surface area contributed by atoms with Gasteiger partial charge in [0.25, 0.3) is 15.0 Å². The molecule has 0 aromatic carbocycles. The van der Waals surface area contributed by atoms with Crippen LogP contribution in [0, 0.1) is 0 Å². The molecule has 0 aliphatic heterocycles. The van der Waals surface area contributed by atoms with Crippen molar-refractivity contribution in [3.8, 4) is 0 Å². The predicted octanol–water partition coefficient (Wildman–Crippen LogP) is 2.59. The minimum atomic E-state index is -3.74. The standard InChI is InChI=1S/C10H14ClNO3S2/c1-3-4-7(2)12-10(13)8-5-9(16-6-8)17(11,14)15/h5-7H,3-4H2,1-2H3,(H,12,13). The highest BCUT2D eigenvalue weighted by molar-refractivity contribution is 8.15. The number of halogens is 1. The molecule has 1 aromatic heterocycles. The Hall–Kier alpha value is -0.590. The van der Waals surface area contributed by atoms with E-state index < -0.39 is 9.05 Å². The summed E-state index contributed by atoms with van der Waals surface area (Å²) in [5, 5.41) is 4.28. The molecular formula is C10H14ClNO3S2. The molecule has 0 bridgehead atoms. The molecule has 7 heteroatoms. The van der Waals surface area contributed by atoms with E-state index >= 15 is 0 Å². The van der Waals surface area contributed by atoms with Gasteiger partial charge < -0.3 is 5.32 Å². The summed E-state index contributed by atoms with van der Waals surface area (Å²) in [7, 11) is 1.44. The minimum Gasteiger partial charge on any atom is -0.350 e. The Bertz CT molecular complexity index is 495. The summed E-state index contributed by atoms with van der Waals surface area (Å²) in [6.07, 6.45) is 1.86. The summed E-state index contributed by atoms with van der Waals surface area (Å²) in [5.41, 5.74) is 0.331. The number of carbonyl (C=O) groups excluding carboxylic acids is 1. The molecule has 1 amide bonds. The third kappa shape index (κ3) is 4.29. The van der Waals surface area contributed by atoms with Gasteiger partial charge >= 0.3 is 0 Å². The Morgan fingerprint density at radius 3 is 2.71 bits per heavy atom. The van der Waals surface area contributed by atoms with Crippen molar-refractivity contribution >= 4 is 37.0 Å². The number of carbonyl (C=O) groups is 1.